The molecule has 0 bridgehead atoms. The third kappa shape index (κ3) is 1.98. The number of rotatable bonds is 3. The molecule has 3 nitrogen and oxygen atoms in total. The van der Waals surface area contributed by atoms with Crippen molar-refractivity contribution in [1.82, 2.24) is 10.3 Å². The van der Waals surface area contributed by atoms with Crippen LogP contribution in [0.5, 0.6) is 0 Å². The van der Waals surface area contributed by atoms with E-state index in [4.69, 9.17) is 0 Å². The molecular weight excluding hydrogens is 220 g/mol. The highest BCUT2D eigenvalue weighted by Crippen LogP contribution is 2.54. The van der Waals surface area contributed by atoms with Gasteiger partial charge in [-0.05, 0) is 38.0 Å². The largest absolute Gasteiger partial charge is 0.349 e. The van der Waals surface area contributed by atoms with E-state index in [2.05, 4.69) is 10.3 Å². The zero-order valence-electron chi connectivity index (χ0n) is 9.40. The third-order valence-electron chi connectivity index (χ3n) is 3.70. The summed E-state index contributed by atoms with van der Waals surface area (Å²) in [7, 11) is 0. The fraction of sp³-hybridized carbons (Fsp3) is 0.667. The van der Waals surface area contributed by atoms with Gasteiger partial charge in [0.05, 0.1) is 6.54 Å². The number of hydrogen-bond donors (Lipinski definition) is 1. The Balaban J connectivity index is 1.49. The SMILES string of the molecule is Cc1cnc(CNC(=O)C2CC3CC3C2)s1. The highest BCUT2D eigenvalue weighted by molar-refractivity contribution is 7.11. The molecule has 4 heteroatoms. The second-order valence-corrected chi connectivity index (χ2v) is 6.33. The maximum Gasteiger partial charge on any atom is 0.223 e. The molecule has 16 heavy (non-hydrogen) atoms. The molecule has 0 radical (unpaired) electrons. The molecule has 2 atom stereocenters. The van der Waals surface area contributed by atoms with Crippen LogP contribution in [0.2, 0.25) is 0 Å². The summed E-state index contributed by atoms with van der Waals surface area (Å²) in [4.78, 5) is 17.3. The van der Waals surface area contributed by atoms with Crippen molar-refractivity contribution < 1.29 is 4.79 Å². The Morgan fingerprint density at radius 3 is 2.88 bits per heavy atom. The van der Waals surface area contributed by atoms with Gasteiger partial charge in [-0.15, -0.1) is 11.3 Å². The summed E-state index contributed by atoms with van der Waals surface area (Å²) < 4.78 is 0. The first-order valence-electron chi connectivity index (χ1n) is 5.91. The number of carbonyl (C=O) groups excluding carboxylic acids is 1. The van der Waals surface area contributed by atoms with Gasteiger partial charge in [0.15, 0.2) is 0 Å². The van der Waals surface area contributed by atoms with Crippen LogP contribution >= 0.6 is 11.3 Å². The molecule has 2 aliphatic carbocycles. The minimum Gasteiger partial charge on any atom is -0.349 e. The molecule has 0 spiro atoms. The molecule has 3 rings (SSSR count). The summed E-state index contributed by atoms with van der Waals surface area (Å²) in [6.45, 7) is 2.64. The normalized spacial score (nSPS) is 31.2. The lowest BCUT2D eigenvalue weighted by molar-refractivity contribution is -0.125. The predicted octanol–water partition coefficient (Wildman–Crippen LogP) is 2.11. The van der Waals surface area contributed by atoms with Crippen molar-refractivity contribution in [1.29, 1.82) is 0 Å². The van der Waals surface area contributed by atoms with Gasteiger partial charge in [0.1, 0.15) is 5.01 Å². The molecule has 0 aromatic carbocycles. The average molecular weight is 236 g/mol. The number of thiazole rings is 1. The van der Waals surface area contributed by atoms with Gasteiger partial charge in [-0.1, -0.05) is 0 Å². The van der Waals surface area contributed by atoms with Gasteiger partial charge in [0.2, 0.25) is 5.91 Å². The van der Waals surface area contributed by atoms with E-state index in [0.717, 1.165) is 29.7 Å². The Hall–Kier alpha value is -0.900. The summed E-state index contributed by atoms with van der Waals surface area (Å²) in [5, 5.41) is 4.01. The Bertz CT molecular complexity index is 405. The lowest BCUT2D eigenvalue weighted by Crippen LogP contribution is -2.29. The molecule has 1 aromatic heterocycles. The fourth-order valence-corrected chi connectivity index (χ4v) is 3.45. The number of nitrogens with one attached hydrogen (secondary N) is 1. The smallest absolute Gasteiger partial charge is 0.223 e. The predicted molar refractivity (Wildman–Crippen MR) is 63.0 cm³/mol. The monoisotopic (exact) mass is 236 g/mol. The first kappa shape index (κ1) is 10.3. The number of aryl methyl sites for hydroxylation is 1. The van der Waals surface area contributed by atoms with Crippen LogP contribution in [0, 0.1) is 24.7 Å². The van der Waals surface area contributed by atoms with Gasteiger partial charge in [-0.2, -0.15) is 0 Å². The van der Waals surface area contributed by atoms with Gasteiger partial charge in [0.25, 0.3) is 0 Å². The maximum atomic E-state index is 11.9. The van der Waals surface area contributed by atoms with Crippen molar-refractivity contribution in [3.8, 4) is 0 Å². The first-order valence-corrected chi connectivity index (χ1v) is 6.73. The van der Waals surface area contributed by atoms with Crippen LogP contribution in [-0.2, 0) is 11.3 Å². The summed E-state index contributed by atoms with van der Waals surface area (Å²) in [6.07, 6.45) is 5.47. The van der Waals surface area contributed by atoms with Crippen LogP contribution in [0.15, 0.2) is 6.20 Å². The van der Waals surface area contributed by atoms with E-state index in [-0.39, 0.29) is 11.8 Å². The van der Waals surface area contributed by atoms with Gasteiger partial charge in [-0.3, -0.25) is 4.79 Å². The van der Waals surface area contributed by atoms with Crippen LogP contribution in [-0.4, -0.2) is 10.9 Å². The second kappa shape index (κ2) is 3.84. The van der Waals surface area contributed by atoms with Gasteiger partial charge in [-0.25, -0.2) is 4.98 Å². The van der Waals surface area contributed by atoms with Crippen molar-refractivity contribution in [2.45, 2.75) is 32.7 Å². The molecule has 1 N–H and O–H groups in total. The summed E-state index contributed by atoms with van der Waals surface area (Å²) in [5.41, 5.74) is 0. The van der Waals surface area contributed by atoms with Crippen molar-refractivity contribution in [3.05, 3.63) is 16.1 Å². The number of aromatic nitrogens is 1. The molecule has 2 fully saturated rings. The topological polar surface area (TPSA) is 42.0 Å². The van der Waals surface area contributed by atoms with Crippen LogP contribution in [0.25, 0.3) is 0 Å². The molecule has 0 aliphatic heterocycles. The molecule has 86 valence electrons. The minimum atomic E-state index is 0.236. The Labute approximate surface area is 99.3 Å². The highest BCUT2D eigenvalue weighted by atomic mass is 32.1. The van der Waals surface area contributed by atoms with Crippen molar-refractivity contribution in [2.75, 3.05) is 0 Å². The second-order valence-electron chi connectivity index (χ2n) is 5.01. The number of amides is 1. The van der Waals surface area contributed by atoms with Gasteiger partial charge >= 0.3 is 0 Å². The Kier molecular flexibility index (Phi) is 2.46. The number of carbonyl (C=O) groups is 1. The highest BCUT2D eigenvalue weighted by Gasteiger charge is 2.47. The summed E-state index contributed by atoms with van der Waals surface area (Å²) in [5.74, 6) is 2.26. The van der Waals surface area contributed by atoms with E-state index < -0.39 is 0 Å². The quantitative estimate of drug-likeness (QED) is 0.873. The van der Waals surface area contributed by atoms with Crippen LogP contribution in [0.4, 0.5) is 0 Å². The van der Waals surface area contributed by atoms with E-state index in [9.17, 15) is 4.79 Å². The number of fused-ring (bicyclic) bond motifs is 1. The minimum absolute atomic E-state index is 0.236. The maximum absolute atomic E-state index is 11.9. The van der Waals surface area contributed by atoms with E-state index in [1.807, 2.05) is 13.1 Å². The molecule has 1 heterocycles. The Morgan fingerprint density at radius 2 is 2.25 bits per heavy atom. The van der Waals surface area contributed by atoms with E-state index in [0.29, 0.717) is 6.54 Å². The molecule has 2 saturated carbocycles. The van der Waals surface area contributed by atoms with Crippen LogP contribution in [0.3, 0.4) is 0 Å². The zero-order valence-corrected chi connectivity index (χ0v) is 10.2. The molecule has 2 unspecified atom stereocenters. The summed E-state index contributed by atoms with van der Waals surface area (Å²) >= 11 is 1.66. The number of hydrogen-bond acceptors (Lipinski definition) is 3. The van der Waals surface area contributed by atoms with Crippen LogP contribution in [0.1, 0.15) is 29.1 Å². The third-order valence-corrected chi connectivity index (χ3v) is 4.61. The molecule has 2 aliphatic rings. The standard InChI is InChI=1S/C12H16N2OS/c1-7-5-13-11(16-7)6-14-12(15)10-3-8-2-9(8)4-10/h5,8-10H,2-4,6H2,1H3,(H,14,15). The first-order chi connectivity index (χ1) is 7.72. The Morgan fingerprint density at radius 1 is 1.50 bits per heavy atom. The lowest BCUT2D eigenvalue weighted by Gasteiger charge is -2.10. The molecule has 1 amide bonds. The van der Waals surface area contributed by atoms with E-state index in [1.54, 1.807) is 11.3 Å². The van der Waals surface area contributed by atoms with Crippen LogP contribution < -0.4 is 5.32 Å². The van der Waals surface area contributed by atoms with Gasteiger partial charge in [0, 0.05) is 17.0 Å². The van der Waals surface area contributed by atoms with Gasteiger partial charge < -0.3 is 5.32 Å². The summed E-state index contributed by atoms with van der Waals surface area (Å²) in [6, 6.07) is 0. The van der Waals surface area contributed by atoms with E-state index >= 15 is 0 Å². The number of nitrogens with zero attached hydrogens (tertiary/aromatic N) is 1. The zero-order chi connectivity index (χ0) is 11.1. The lowest BCUT2D eigenvalue weighted by atomic mass is 10.0. The molecule has 1 aromatic rings. The van der Waals surface area contributed by atoms with Crippen molar-refractivity contribution in [3.63, 3.8) is 0 Å². The average Bonchev–Trinajstić information content (AvgIpc) is 2.71. The molecular formula is C12H16N2OS. The van der Waals surface area contributed by atoms with E-state index in [1.165, 1.54) is 11.3 Å². The molecule has 0 saturated heterocycles. The fourth-order valence-electron chi connectivity index (χ4n) is 2.72. The van der Waals surface area contributed by atoms with Crippen molar-refractivity contribution >= 4 is 17.2 Å². The van der Waals surface area contributed by atoms with Crippen molar-refractivity contribution in [2.24, 2.45) is 17.8 Å².